The molecule has 0 aliphatic carbocycles. The zero-order valence-corrected chi connectivity index (χ0v) is 6.12. The van der Waals surface area contributed by atoms with Crippen molar-refractivity contribution in [1.82, 2.24) is 5.16 Å². The maximum Gasteiger partial charge on any atom is 0.338 e. The molecule has 0 unspecified atom stereocenters. The van der Waals surface area contributed by atoms with Gasteiger partial charge in [-0.05, 0) is 6.92 Å². The Morgan fingerprint density at radius 3 is 3.00 bits per heavy atom. The molecule has 0 radical (unpaired) electrons. The van der Waals surface area contributed by atoms with Gasteiger partial charge in [-0.1, -0.05) is 5.16 Å². The SMILES string of the molecule is COc1onc(C)c1N=C=O. The van der Waals surface area contributed by atoms with E-state index in [0.717, 1.165) is 0 Å². The molecule has 0 spiro atoms. The lowest BCUT2D eigenvalue weighted by Gasteiger charge is -1.89. The molecule has 58 valence electrons. The van der Waals surface area contributed by atoms with Gasteiger partial charge in [0.25, 0.3) is 0 Å². The Bertz CT molecular complexity index is 299. The number of hydrogen-bond acceptors (Lipinski definition) is 5. The summed E-state index contributed by atoms with van der Waals surface area (Å²) in [6, 6.07) is 0. The number of hydrogen-bond donors (Lipinski definition) is 0. The second-order valence-electron chi connectivity index (χ2n) is 1.81. The first-order valence-corrected chi connectivity index (χ1v) is 2.87. The summed E-state index contributed by atoms with van der Waals surface area (Å²) in [5, 5.41) is 3.53. The number of ether oxygens (including phenoxy) is 1. The van der Waals surface area contributed by atoms with Gasteiger partial charge in [0.05, 0.1) is 7.11 Å². The molecule has 0 fully saturated rings. The predicted octanol–water partition coefficient (Wildman–Crippen LogP) is 0.959. The molecule has 5 nitrogen and oxygen atoms in total. The summed E-state index contributed by atoms with van der Waals surface area (Å²) < 4.78 is 9.37. The Morgan fingerprint density at radius 2 is 2.45 bits per heavy atom. The van der Waals surface area contributed by atoms with E-state index >= 15 is 0 Å². The minimum absolute atomic E-state index is 0.130. The maximum absolute atomic E-state index is 9.88. The van der Waals surface area contributed by atoms with Crippen LogP contribution in [0.5, 0.6) is 5.95 Å². The van der Waals surface area contributed by atoms with E-state index in [1.165, 1.54) is 13.2 Å². The Labute approximate surface area is 62.7 Å². The molecule has 0 N–H and O–H groups in total. The fraction of sp³-hybridized carbons (Fsp3) is 0.333. The van der Waals surface area contributed by atoms with Gasteiger partial charge in [-0.2, -0.15) is 4.99 Å². The van der Waals surface area contributed by atoms with E-state index in [4.69, 9.17) is 4.74 Å². The topological polar surface area (TPSA) is 64.7 Å². The van der Waals surface area contributed by atoms with Gasteiger partial charge in [0.1, 0.15) is 5.69 Å². The lowest BCUT2D eigenvalue weighted by atomic mass is 10.4. The third-order valence-electron chi connectivity index (χ3n) is 1.14. The molecule has 0 aromatic carbocycles. The number of rotatable bonds is 2. The number of isocyanates is 1. The highest BCUT2D eigenvalue weighted by molar-refractivity contribution is 5.56. The van der Waals surface area contributed by atoms with Gasteiger partial charge in [0.2, 0.25) is 6.08 Å². The molecule has 5 heteroatoms. The van der Waals surface area contributed by atoms with Gasteiger partial charge >= 0.3 is 5.95 Å². The maximum atomic E-state index is 9.88. The van der Waals surface area contributed by atoms with Gasteiger partial charge in [-0.25, -0.2) is 4.79 Å². The standard InChI is InChI=1S/C6H6N2O3/c1-4-5(7-3-9)6(10-2)11-8-4/h1-2H3. The fourth-order valence-electron chi connectivity index (χ4n) is 0.650. The summed E-state index contributed by atoms with van der Waals surface area (Å²) in [5.41, 5.74) is 0.799. The minimum Gasteiger partial charge on any atom is -0.466 e. The Morgan fingerprint density at radius 1 is 1.73 bits per heavy atom. The molecule has 0 aliphatic rings. The van der Waals surface area contributed by atoms with E-state index in [9.17, 15) is 4.79 Å². The molecule has 0 atom stereocenters. The highest BCUT2D eigenvalue weighted by atomic mass is 16.6. The highest BCUT2D eigenvalue weighted by Gasteiger charge is 2.11. The number of methoxy groups -OCH3 is 1. The summed E-state index contributed by atoms with van der Waals surface area (Å²) in [5.74, 6) is 0.130. The van der Waals surface area contributed by atoms with Crippen LogP contribution in [0.25, 0.3) is 0 Å². The van der Waals surface area contributed by atoms with Crippen LogP contribution in [0.4, 0.5) is 5.69 Å². The van der Waals surface area contributed by atoms with Crippen LogP contribution in [-0.2, 0) is 4.79 Å². The van der Waals surface area contributed by atoms with Crippen LogP contribution < -0.4 is 4.74 Å². The second kappa shape index (κ2) is 2.98. The summed E-state index contributed by atoms with van der Waals surface area (Å²) in [4.78, 5) is 13.2. The van der Waals surface area contributed by atoms with Crippen LogP contribution in [0.2, 0.25) is 0 Å². The van der Waals surface area contributed by atoms with Crippen LogP contribution in [0, 0.1) is 6.92 Å². The molecule has 0 saturated heterocycles. The van der Waals surface area contributed by atoms with E-state index in [1.54, 1.807) is 6.92 Å². The van der Waals surface area contributed by atoms with E-state index in [1.807, 2.05) is 0 Å². The van der Waals surface area contributed by atoms with Crippen molar-refractivity contribution in [3.63, 3.8) is 0 Å². The van der Waals surface area contributed by atoms with E-state index in [2.05, 4.69) is 14.7 Å². The molecule has 1 aromatic rings. The summed E-state index contributed by atoms with van der Waals surface area (Å²) in [6.45, 7) is 1.65. The van der Waals surface area contributed by atoms with Gasteiger partial charge in [-0.3, -0.25) is 0 Å². The first-order valence-electron chi connectivity index (χ1n) is 2.87. The molecule has 0 aliphatic heterocycles. The predicted molar refractivity (Wildman–Crippen MR) is 35.6 cm³/mol. The largest absolute Gasteiger partial charge is 0.466 e. The van der Waals surface area contributed by atoms with Gasteiger partial charge in [0, 0.05) is 0 Å². The van der Waals surface area contributed by atoms with Crippen LogP contribution in [0.15, 0.2) is 9.52 Å². The van der Waals surface area contributed by atoms with Crippen LogP contribution in [-0.4, -0.2) is 18.3 Å². The van der Waals surface area contributed by atoms with Gasteiger partial charge < -0.3 is 9.26 Å². The van der Waals surface area contributed by atoms with Crippen molar-refractivity contribution in [2.24, 2.45) is 4.99 Å². The second-order valence-corrected chi connectivity index (χ2v) is 1.81. The molecule has 1 aromatic heterocycles. The zero-order chi connectivity index (χ0) is 8.27. The number of nitrogens with zero attached hydrogens (tertiary/aromatic N) is 2. The highest BCUT2D eigenvalue weighted by Crippen LogP contribution is 2.29. The van der Waals surface area contributed by atoms with Crippen molar-refractivity contribution in [2.75, 3.05) is 7.11 Å². The first-order chi connectivity index (χ1) is 5.29. The molecule has 11 heavy (non-hydrogen) atoms. The fourth-order valence-corrected chi connectivity index (χ4v) is 0.650. The van der Waals surface area contributed by atoms with Gasteiger partial charge in [0.15, 0.2) is 5.69 Å². The number of aryl methyl sites for hydroxylation is 1. The van der Waals surface area contributed by atoms with Crippen LogP contribution in [0.3, 0.4) is 0 Å². The zero-order valence-electron chi connectivity index (χ0n) is 6.12. The summed E-state index contributed by atoms with van der Waals surface area (Å²) in [7, 11) is 1.41. The van der Waals surface area contributed by atoms with Crippen LogP contribution >= 0.6 is 0 Å². The van der Waals surface area contributed by atoms with E-state index in [0.29, 0.717) is 11.4 Å². The normalized spacial score (nSPS) is 8.91. The molecule has 0 amide bonds. The molecule has 1 heterocycles. The molecular formula is C6H6N2O3. The van der Waals surface area contributed by atoms with Crippen molar-refractivity contribution >= 4 is 11.8 Å². The molecular weight excluding hydrogens is 148 g/mol. The molecule has 1 rings (SSSR count). The van der Waals surface area contributed by atoms with Crippen molar-refractivity contribution in [2.45, 2.75) is 6.92 Å². The lowest BCUT2D eigenvalue weighted by molar-refractivity contribution is 0.261. The lowest BCUT2D eigenvalue weighted by Crippen LogP contribution is -1.78. The Kier molecular flexibility index (Phi) is 2.03. The Balaban J connectivity index is 3.17. The monoisotopic (exact) mass is 154 g/mol. The average molecular weight is 154 g/mol. The summed E-state index contributed by atoms with van der Waals surface area (Å²) >= 11 is 0. The molecule has 0 bridgehead atoms. The minimum atomic E-state index is 0.130. The number of carbonyl (C=O) groups excluding carboxylic acids is 1. The van der Waals surface area contributed by atoms with Crippen molar-refractivity contribution < 1.29 is 14.1 Å². The summed E-state index contributed by atoms with van der Waals surface area (Å²) in [6.07, 6.45) is 1.38. The van der Waals surface area contributed by atoms with E-state index < -0.39 is 0 Å². The van der Waals surface area contributed by atoms with Crippen molar-refractivity contribution in [3.05, 3.63) is 5.69 Å². The third kappa shape index (κ3) is 1.28. The van der Waals surface area contributed by atoms with Crippen LogP contribution in [0.1, 0.15) is 5.69 Å². The third-order valence-corrected chi connectivity index (χ3v) is 1.14. The first kappa shape index (κ1) is 7.50. The van der Waals surface area contributed by atoms with E-state index in [-0.39, 0.29) is 5.95 Å². The average Bonchev–Trinajstić information content (AvgIpc) is 2.34. The van der Waals surface area contributed by atoms with Gasteiger partial charge in [-0.15, -0.1) is 0 Å². The van der Waals surface area contributed by atoms with Crippen molar-refractivity contribution in [3.8, 4) is 5.95 Å². The number of aliphatic imine (C=N–C) groups is 1. The quantitative estimate of drug-likeness (QED) is 0.470. The molecule has 0 saturated carbocycles. The Hall–Kier alpha value is -1.61. The van der Waals surface area contributed by atoms with Crippen molar-refractivity contribution in [1.29, 1.82) is 0 Å². The number of aromatic nitrogens is 1. The smallest absolute Gasteiger partial charge is 0.338 e.